The summed E-state index contributed by atoms with van der Waals surface area (Å²) in [6, 6.07) is 13.2. The summed E-state index contributed by atoms with van der Waals surface area (Å²) in [6.07, 6.45) is 1.99. The molecule has 2 aromatic carbocycles. The molecule has 0 atom stereocenters. The van der Waals surface area contributed by atoms with E-state index in [-0.39, 0.29) is 0 Å². The van der Waals surface area contributed by atoms with Gasteiger partial charge in [-0.2, -0.15) is 0 Å². The minimum atomic E-state index is 0.501. The Labute approximate surface area is 130 Å². The van der Waals surface area contributed by atoms with Gasteiger partial charge in [0.15, 0.2) is 0 Å². The van der Waals surface area contributed by atoms with Crippen LogP contribution in [0, 0.1) is 3.57 Å². The summed E-state index contributed by atoms with van der Waals surface area (Å²) in [7, 11) is 0. The lowest BCUT2D eigenvalue weighted by Crippen LogP contribution is -1.81. The lowest BCUT2D eigenvalue weighted by molar-refractivity contribution is 0.852. The number of benzene rings is 2. The molecule has 0 aliphatic heterocycles. The van der Waals surface area contributed by atoms with Gasteiger partial charge in [0.2, 0.25) is 0 Å². The molecule has 0 N–H and O–H groups in total. The minimum Gasteiger partial charge on any atom is -0.249 e. The van der Waals surface area contributed by atoms with Gasteiger partial charge in [0, 0.05) is 15.7 Å². The van der Waals surface area contributed by atoms with E-state index in [1.807, 2.05) is 6.20 Å². The number of halogens is 1. The first-order valence-electron chi connectivity index (χ1n) is 6.29. The van der Waals surface area contributed by atoms with Gasteiger partial charge in [0.25, 0.3) is 0 Å². The van der Waals surface area contributed by atoms with Crippen LogP contribution in [0.5, 0.6) is 0 Å². The Hall–Kier alpha value is -0.940. The first kappa shape index (κ1) is 13.1. The van der Waals surface area contributed by atoms with Crippen LogP contribution in [0.15, 0.2) is 42.6 Å². The van der Waals surface area contributed by atoms with Crippen LogP contribution in [0.4, 0.5) is 0 Å². The van der Waals surface area contributed by atoms with Gasteiger partial charge in [-0.3, -0.25) is 0 Å². The highest BCUT2D eigenvalue weighted by molar-refractivity contribution is 14.1. The molecule has 0 unspecified atom stereocenters. The van der Waals surface area contributed by atoms with E-state index >= 15 is 0 Å². The van der Waals surface area contributed by atoms with Crippen molar-refractivity contribution in [3.63, 3.8) is 0 Å². The topological polar surface area (TPSA) is 12.9 Å². The fraction of sp³-hybridized carbons (Fsp3) is 0.188. The summed E-state index contributed by atoms with van der Waals surface area (Å²) in [6.45, 7) is 4.37. The van der Waals surface area contributed by atoms with Crippen LogP contribution in [-0.4, -0.2) is 4.98 Å². The van der Waals surface area contributed by atoms with Crippen molar-refractivity contribution in [2.75, 3.05) is 0 Å². The van der Waals surface area contributed by atoms with Crippen molar-refractivity contribution in [3.8, 4) is 10.4 Å². The van der Waals surface area contributed by atoms with Gasteiger partial charge >= 0.3 is 0 Å². The van der Waals surface area contributed by atoms with E-state index in [1.165, 1.54) is 29.8 Å². The second-order valence-electron chi connectivity index (χ2n) is 4.92. The van der Waals surface area contributed by atoms with E-state index in [9.17, 15) is 0 Å². The maximum Gasteiger partial charge on any atom is 0.0956 e. The molecule has 1 heterocycles. The van der Waals surface area contributed by atoms with Gasteiger partial charge in [0.05, 0.1) is 9.88 Å². The average molecular weight is 379 g/mol. The Bertz CT molecular complexity index is 730. The molecule has 19 heavy (non-hydrogen) atoms. The summed E-state index contributed by atoms with van der Waals surface area (Å²) >= 11 is 4.14. The van der Waals surface area contributed by atoms with E-state index in [0.717, 1.165) is 0 Å². The highest BCUT2D eigenvalue weighted by Gasteiger charge is 2.08. The largest absolute Gasteiger partial charge is 0.249 e. The van der Waals surface area contributed by atoms with Crippen LogP contribution in [0.1, 0.15) is 24.8 Å². The summed E-state index contributed by atoms with van der Waals surface area (Å²) < 4.78 is 1.28. The molecule has 0 aliphatic rings. The van der Waals surface area contributed by atoms with Crippen LogP contribution in [0.3, 0.4) is 0 Å². The summed E-state index contributed by atoms with van der Waals surface area (Å²) in [5.74, 6) is 0.501. The summed E-state index contributed by atoms with van der Waals surface area (Å²) in [5.41, 5.74) is 1.26. The Morgan fingerprint density at radius 2 is 1.79 bits per heavy atom. The average Bonchev–Trinajstić information content (AvgIpc) is 2.88. The van der Waals surface area contributed by atoms with Crippen molar-refractivity contribution in [1.29, 1.82) is 0 Å². The van der Waals surface area contributed by atoms with Gasteiger partial charge in [-0.25, -0.2) is 4.98 Å². The number of aromatic nitrogens is 1. The predicted octanol–water partition coefficient (Wildman–Crippen LogP) is 5.69. The van der Waals surface area contributed by atoms with Gasteiger partial charge in [-0.1, -0.05) is 32.0 Å². The molecular formula is C16H14INS. The highest BCUT2D eigenvalue weighted by Crippen LogP contribution is 2.31. The third-order valence-electron chi connectivity index (χ3n) is 3.10. The Morgan fingerprint density at radius 3 is 2.53 bits per heavy atom. The highest BCUT2D eigenvalue weighted by atomic mass is 127. The number of nitrogens with zero attached hydrogens (tertiary/aromatic N) is 1. The monoisotopic (exact) mass is 379 g/mol. The third kappa shape index (κ3) is 2.67. The second kappa shape index (κ2) is 5.21. The van der Waals surface area contributed by atoms with E-state index in [4.69, 9.17) is 0 Å². The molecule has 0 saturated heterocycles. The van der Waals surface area contributed by atoms with Gasteiger partial charge in [0.1, 0.15) is 0 Å². The lowest BCUT2D eigenvalue weighted by atomic mass is 10.1. The first-order valence-corrected chi connectivity index (χ1v) is 8.18. The van der Waals surface area contributed by atoms with Crippen molar-refractivity contribution in [3.05, 3.63) is 51.2 Å². The summed E-state index contributed by atoms with van der Waals surface area (Å²) in [4.78, 5) is 5.76. The third-order valence-corrected chi connectivity index (χ3v) is 5.12. The van der Waals surface area contributed by atoms with Gasteiger partial charge in [-0.05, 0) is 57.1 Å². The molecule has 3 heteroatoms. The minimum absolute atomic E-state index is 0.501. The smallest absolute Gasteiger partial charge is 0.0956 e. The quantitative estimate of drug-likeness (QED) is 0.521. The van der Waals surface area contributed by atoms with E-state index in [1.54, 1.807) is 11.3 Å². The van der Waals surface area contributed by atoms with Crippen molar-refractivity contribution in [1.82, 2.24) is 4.98 Å². The van der Waals surface area contributed by atoms with Gasteiger partial charge in [-0.15, -0.1) is 11.3 Å². The van der Waals surface area contributed by atoms with Crippen LogP contribution < -0.4 is 0 Å². The summed E-state index contributed by atoms with van der Waals surface area (Å²) in [5, 5.41) is 3.79. The Kier molecular flexibility index (Phi) is 3.58. The van der Waals surface area contributed by atoms with Crippen LogP contribution in [0.25, 0.3) is 21.2 Å². The fourth-order valence-electron chi connectivity index (χ4n) is 2.06. The van der Waals surface area contributed by atoms with E-state index in [2.05, 4.69) is 77.8 Å². The van der Waals surface area contributed by atoms with E-state index < -0.39 is 0 Å². The number of hydrogen-bond donors (Lipinski definition) is 0. The van der Waals surface area contributed by atoms with Crippen LogP contribution in [0.2, 0.25) is 0 Å². The Morgan fingerprint density at radius 1 is 1.05 bits per heavy atom. The normalized spacial score (nSPS) is 11.4. The second-order valence-corrected chi connectivity index (χ2v) is 7.23. The van der Waals surface area contributed by atoms with Crippen LogP contribution >= 0.6 is 33.9 Å². The van der Waals surface area contributed by atoms with Crippen molar-refractivity contribution in [2.24, 2.45) is 0 Å². The zero-order chi connectivity index (χ0) is 13.4. The molecule has 0 aliphatic carbocycles. The lowest BCUT2D eigenvalue weighted by Gasteiger charge is -2.02. The molecule has 0 radical (unpaired) electrons. The standard InChI is InChI=1S/C16H14INS/c1-10(2)16-18-9-15(19-16)13-4-3-12-8-14(17)6-5-11(12)7-13/h3-10H,1-2H3. The van der Waals surface area contributed by atoms with Crippen molar-refractivity contribution < 1.29 is 0 Å². The zero-order valence-electron chi connectivity index (χ0n) is 10.9. The van der Waals surface area contributed by atoms with Crippen molar-refractivity contribution in [2.45, 2.75) is 19.8 Å². The Balaban J connectivity index is 2.07. The first-order chi connectivity index (χ1) is 9.13. The number of hydrogen-bond acceptors (Lipinski definition) is 2. The van der Waals surface area contributed by atoms with Gasteiger partial charge < -0.3 is 0 Å². The maximum absolute atomic E-state index is 4.50. The number of fused-ring (bicyclic) bond motifs is 1. The van der Waals surface area contributed by atoms with E-state index in [0.29, 0.717) is 5.92 Å². The molecule has 1 nitrogen and oxygen atoms in total. The molecular weight excluding hydrogens is 365 g/mol. The number of rotatable bonds is 2. The molecule has 3 aromatic rings. The molecule has 0 bridgehead atoms. The number of thiazole rings is 1. The molecule has 3 rings (SSSR count). The zero-order valence-corrected chi connectivity index (χ0v) is 13.8. The molecule has 0 saturated carbocycles. The maximum atomic E-state index is 4.50. The SMILES string of the molecule is CC(C)c1ncc(-c2ccc3cc(I)ccc3c2)s1. The molecule has 1 aromatic heterocycles. The van der Waals surface area contributed by atoms with Crippen molar-refractivity contribution >= 4 is 44.7 Å². The predicted molar refractivity (Wildman–Crippen MR) is 91.9 cm³/mol. The fourth-order valence-corrected chi connectivity index (χ4v) is 3.49. The molecule has 96 valence electrons. The molecule has 0 spiro atoms. The molecule has 0 amide bonds. The van der Waals surface area contributed by atoms with Crippen LogP contribution in [-0.2, 0) is 0 Å². The molecule has 0 fully saturated rings.